The zero-order valence-corrected chi connectivity index (χ0v) is 10.6. The number of nitrogens with two attached hydrogens (primary N) is 1. The number of nitrogens with zero attached hydrogens (tertiary/aromatic N) is 1. The van der Waals surface area contributed by atoms with Crippen LogP contribution in [0.1, 0.15) is 5.69 Å². The number of benzene rings is 1. The second-order valence-electron chi connectivity index (χ2n) is 3.69. The highest BCUT2D eigenvalue weighted by atomic mass is 35.5. The molecule has 0 amide bonds. The lowest BCUT2D eigenvalue weighted by molar-refractivity contribution is 0.889. The summed E-state index contributed by atoms with van der Waals surface area (Å²) in [6, 6.07) is 8.45. The van der Waals surface area contributed by atoms with E-state index in [0.29, 0.717) is 26.9 Å². The number of aromatic nitrogens is 1. The lowest BCUT2D eigenvalue weighted by Crippen LogP contribution is -2.30. The van der Waals surface area contributed by atoms with Gasteiger partial charge in [0.1, 0.15) is 0 Å². The number of hydrogen-bond acceptors (Lipinski definition) is 2. The summed E-state index contributed by atoms with van der Waals surface area (Å²) in [5.74, 6) is 5.64. The first-order valence-corrected chi connectivity index (χ1v) is 5.69. The molecule has 1 aromatic heterocycles. The van der Waals surface area contributed by atoms with Crippen LogP contribution in [0.3, 0.4) is 0 Å². The van der Waals surface area contributed by atoms with E-state index in [-0.39, 0.29) is 5.56 Å². The number of rotatable bonds is 1. The molecule has 0 atom stereocenters. The summed E-state index contributed by atoms with van der Waals surface area (Å²) in [5, 5.41) is 0.956. The van der Waals surface area contributed by atoms with Crippen molar-refractivity contribution >= 4 is 23.2 Å². The van der Waals surface area contributed by atoms with Gasteiger partial charge in [0.25, 0.3) is 5.56 Å². The van der Waals surface area contributed by atoms with Crippen LogP contribution < -0.4 is 11.4 Å². The van der Waals surface area contributed by atoms with Gasteiger partial charge in [0.2, 0.25) is 0 Å². The molecule has 17 heavy (non-hydrogen) atoms. The number of pyridine rings is 1. The van der Waals surface area contributed by atoms with Crippen molar-refractivity contribution < 1.29 is 0 Å². The van der Waals surface area contributed by atoms with Crippen molar-refractivity contribution in [1.29, 1.82) is 0 Å². The minimum absolute atomic E-state index is 0.283. The number of aryl methyl sites for hydroxylation is 1. The Morgan fingerprint density at radius 3 is 2.41 bits per heavy atom. The zero-order valence-electron chi connectivity index (χ0n) is 9.08. The van der Waals surface area contributed by atoms with Crippen molar-refractivity contribution in [2.24, 2.45) is 0 Å². The van der Waals surface area contributed by atoms with Crippen molar-refractivity contribution in [2.75, 3.05) is 5.84 Å². The van der Waals surface area contributed by atoms with Gasteiger partial charge in [0.15, 0.2) is 0 Å². The Bertz CT molecular complexity index is 635. The lowest BCUT2D eigenvalue weighted by atomic mass is 10.1. The third kappa shape index (κ3) is 2.16. The molecule has 1 heterocycles. The van der Waals surface area contributed by atoms with E-state index in [4.69, 9.17) is 29.0 Å². The highest BCUT2D eigenvalue weighted by molar-refractivity contribution is 6.36. The van der Waals surface area contributed by atoms with Crippen LogP contribution in [0.4, 0.5) is 0 Å². The normalized spacial score (nSPS) is 10.5. The smallest absolute Gasteiger partial charge is 0.276 e. The van der Waals surface area contributed by atoms with Crippen LogP contribution in [0.2, 0.25) is 10.0 Å². The van der Waals surface area contributed by atoms with Crippen LogP contribution in [0, 0.1) is 6.92 Å². The van der Waals surface area contributed by atoms with Crippen molar-refractivity contribution in [2.45, 2.75) is 6.92 Å². The van der Waals surface area contributed by atoms with E-state index in [2.05, 4.69) is 0 Å². The third-order valence-corrected chi connectivity index (χ3v) is 3.09. The molecule has 0 aliphatic heterocycles. The van der Waals surface area contributed by atoms with Crippen LogP contribution in [-0.4, -0.2) is 4.68 Å². The molecular formula is C12H10Cl2N2O. The second kappa shape index (κ2) is 4.43. The van der Waals surface area contributed by atoms with Crippen LogP contribution in [0.5, 0.6) is 0 Å². The average molecular weight is 269 g/mol. The first kappa shape index (κ1) is 12.0. The Kier molecular flexibility index (Phi) is 3.13. The van der Waals surface area contributed by atoms with Gasteiger partial charge in [-0.1, -0.05) is 29.3 Å². The van der Waals surface area contributed by atoms with Crippen molar-refractivity contribution in [3.63, 3.8) is 0 Å². The van der Waals surface area contributed by atoms with E-state index in [9.17, 15) is 4.79 Å². The summed E-state index contributed by atoms with van der Waals surface area (Å²) in [6.45, 7) is 1.76. The van der Waals surface area contributed by atoms with Gasteiger partial charge in [-0.3, -0.25) is 4.79 Å². The van der Waals surface area contributed by atoms with E-state index < -0.39 is 0 Å². The Labute approximate surface area is 108 Å². The van der Waals surface area contributed by atoms with Gasteiger partial charge >= 0.3 is 0 Å². The van der Waals surface area contributed by atoms with Gasteiger partial charge in [-0.25, -0.2) is 4.68 Å². The van der Waals surface area contributed by atoms with E-state index in [1.807, 2.05) is 0 Å². The van der Waals surface area contributed by atoms with E-state index in [0.717, 1.165) is 4.68 Å². The fraction of sp³-hybridized carbons (Fsp3) is 0.0833. The topological polar surface area (TPSA) is 48.0 Å². The van der Waals surface area contributed by atoms with Gasteiger partial charge in [-0.15, -0.1) is 0 Å². The maximum atomic E-state index is 12.0. The predicted molar refractivity (Wildman–Crippen MR) is 71.0 cm³/mol. The molecule has 88 valence electrons. The summed E-state index contributed by atoms with van der Waals surface area (Å²) in [6.07, 6.45) is 0. The predicted octanol–water partition coefficient (Wildman–Crippen LogP) is 2.84. The monoisotopic (exact) mass is 268 g/mol. The van der Waals surface area contributed by atoms with Crippen molar-refractivity contribution in [3.05, 3.63) is 56.4 Å². The van der Waals surface area contributed by atoms with Gasteiger partial charge in [0.05, 0.1) is 10.6 Å². The highest BCUT2D eigenvalue weighted by Crippen LogP contribution is 2.28. The minimum atomic E-state index is -0.283. The van der Waals surface area contributed by atoms with Gasteiger partial charge in [-0.2, -0.15) is 0 Å². The molecular weight excluding hydrogens is 259 g/mol. The largest absolute Gasteiger partial charge is 0.336 e. The maximum Gasteiger partial charge on any atom is 0.276 e. The lowest BCUT2D eigenvalue weighted by Gasteiger charge is -2.08. The average Bonchev–Trinajstić information content (AvgIpc) is 2.28. The maximum absolute atomic E-state index is 12.0. The van der Waals surface area contributed by atoms with Gasteiger partial charge in [-0.05, 0) is 31.2 Å². The molecule has 2 rings (SSSR count). The molecule has 0 spiro atoms. The van der Waals surface area contributed by atoms with E-state index >= 15 is 0 Å². The standard InChI is InChI=1S/C12H10Cl2N2O/c1-7-2-4-10(12(17)16(7)15)9-5-3-8(13)6-11(9)14/h2-6H,15H2,1H3. The number of nitrogen functional groups attached to an aromatic ring is 1. The molecule has 0 bridgehead atoms. The number of halogens is 2. The molecule has 3 nitrogen and oxygen atoms in total. The first-order valence-electron chi connectivity index (χ1n) is 4.94. The fourth-order valence-electron chi connectivity index (χ4n) is 1.56. The summed E-state index contributed by atoms with van der Waals surface area (Å²) < 4.78 is 1.10. The fourth-order valence-corrected chi connectivity index (χ4v) is 2.07. The molecule has 2 N–H and O–H groups in total. The molecule has 0 aliphatic carbocycles. The SMILES string of the molecule is Cc1ccc(-c2ccc(Cl)cc2Cl)c(=O)n1N. The van der Waals surface area contributed by atoms with Crippen LogP contribution in [0.25, 0.3) is 11.1 Å². The highest BCUT2D eigenvalue weighted by Gasteiger charge is 2.10. The summed E-state index contributed by atoms with van der Waals surface area (Å²) in [5.41, 5.74) is 1.48. The molecule has 0 saturated heterocycles. The zero-order chi connectivity index (χ0) is 12.6. The molecule has 0 fully saturated rings. The van der Waals surface area contributed by atoms with E-state index in [1.165, 1.54) is 0 Å². The van der Waals surface area contributed by atoms with Crippen LogP contribution in [0.15, 0.2) is 35.1 Å². The Morgan fingerprint density at radius 2 is 1.76 bits per heavy atom. The summed E-state index contributed by atoms with van der Waals surface area (Å²) in [7, 11) is 0. The molecule has 0 aliphatic rings. The van der Waals surface area contributed by atoms with Crippen LogP contribution >= 0.6 is 23.2 Å². The summed E-state index contributed by atoms with van der Waals surface area (Å²) in [4.78, 5) is 12.0. The molecule has 5 heteroatoms. The van der Waals surface area contributed by atoms with Gasteiger partial charge in [0, 0.05) is 16.3 Å². The molecule has 2 aromatic rings. The van der Waals surface area contributed by atoms with E-state index in [1.54, 1.807) is 37.3 Å². The van der Waals surface area contributed by atoms with Gasteiger partial charge < -0.3 is 5.84 Å². The Balaban J connectivity index is 2.70. The Morgan fingerprint density at radius 1 is 1.12 bits per heavy atom. The Hall–Kier alpha value is -1.45. The third-order valence-electron chi connectivity index (χ3n) is 2.54. The molecule has 0 radical (unpaired) electrons. The van der Waals surface area contributed by atoms with Crippen molar-refractivity contribution in [1.82, 2.24) is 4.68 Å². The van der Waals surface area contributed by atoms with Crippen molar-refractivity contribution in [3.8, 4) is 11.1 Å². The second-order valence-corrected chi connectivity index (χ2v) is 4.53. The molecule has 0 saturated carbocycles. The molecule has 1 aromatic carbocycles. The summed E-state index contributed by atoms with van der Waals surface area (Å²) >= 11 is 11.9. The first-order chi connectivity index (χ1) is 8.00. The van der Waals surface area contributed by atoms with Crippen LogP contribution in [-0.2, 0) is 0 Å². The number of hydrogen-bond donors (Lipinski definition) is 1. The molecule has 0 unspecified atom stereocenters. The quantitative estimate of drug-likeness (QED) is 0.809. The minimum Gasteiger partial charge on any atom is -0.336 e.